The van der Waals surface area contributed by atoms with Crippen molar-refractivity contribution in [3.05, 3.63) is 35.6 Å². The fourth-order valence-electron chi connectivity index (χ4n) is 2.87. The van der Waals surface area contributed by atoms with Crippen molar-refractivity contribution in [2.24, 2.45) is 5.92 Å². The van der Waals surface area contributed by atoms with E-state index in [1.165, 1.54) is 6.07 Å². The summed E-state index contributed by atoms with van der Waals surface area (Å²) in [6.45, 7) is 2.38. The van der Waals surface area contributed by atoms with E-state index in [1.807, 2.05) is 7.05 Å². The van der Waals surface area contributed by atoms with E-state index in [9.17, 15) is 14.0 Å². The van der Waals surface area contributed by atoms with Gasteiger partial charge in [-0.25, -0.2) is 4.39 Å². The van der Waals surface area contributed by atoms with Crippen LogP contribution in [0.1, 0.15) is 12.0 Å². The predicted molar refractivity (Wildman–Crippen MR) is 86.4 cm³/mol. The minimum atomic E-state index is -0.279. The molecule has 2 rings (SSSR count). The van der Waals surface area contributed by atoms with E-state index < -0.39 is 0 Å². The Kier molecular flexibility index (Phi) is 6.10. The molecular weight excluding hydrogens is 297 g/mol. The molecule has 0 aliphatic carbocycles. The summed E-state index contributed by atoms with van der Waals surface area (Å²) in [6, 6.07) is 6.51. The van der Waals surface area contributed by atoms with E-state index in [2.05, 4.69) is 10.2 Å². The van der Waals surface area contributed by atoms with Crippen LogP contribution in [0, 0.1) is 11.7 Å². The van der Waals surface area contributed by atoms with Gasteiger partial charge in [-0.3, -0.25) is 9.59 Å². The maximum absolute atomic E-state index is 13.6. The third-order valence-corrected chi connectivity index (χ3v) is 4.26. The maximum Gasteiger partial charge on any atom is 0.225 e. The van der Waals surface area contributed by atoms with E-state index in [4.69, 9.17) is 0 Å². The largest absolute Gasteiger partial charge is 0.359 e. The molecule has 1 aromatic rings. The second-order valence-corrected chi connectivity index (χ2v) is 6.00. The van der Waals surface area contributed by atoms with Gasteiger partial charge in [0.05, 0.1) is 5.92 Å². The highest BCUT2D eigenvalue weighted by Gasteiger charge is 2.28. The number of halogens is 1. The van der Waals surface area contributed by atoms with Crippen LogP contribution < -0.4 is 5.32 Å². The molecule has 1 N–H and O–H groups in total. The zero-order valence-corrected chi connectivity index (χ0v) is 13.7. The number of nitrogens with zero attached hydrogens (tertiary/aromatic N) is 2. The number of likely N-dealkylation sites (N-methyl/N-ethyl adjacent to an activating group) is 1. The van der Waals surface area contributed by atoms with Crippen LogP contribution in [0.5, 0.6) is 0 Å². The molecule has 1 aliphatic rings. The number of hydrogen-bond acceptors (Lipinski definition) is 3. The smallest absolute Gasteiger partial charge is 0.225 e. The molecule has 1 aromatic carbocycles. The van der Waals surface area contributed by atoms with Crippen LogP contribution >= 0.6 is 0 Å². The molecule has 0 radical (unpaired) electrons. The first kappa shape index (κ1) is 17.4. The molecule has 0 bridgehead atoms. The van der Waals surface area contributed by atoms with Gasteiger partial charge in [0, 0.05) is 39.6 Å². The van der Waals surface area contributed by atoms with Gasteiger partial charge in [-0.05, 0) is 25.1 Å². The van der Waals surface area contributed by atoms with E-state index in [-0.39, 0.29) is 30.0 Å². The van der Waals surface area contributed by atoms with Crippen LogP contribution in [0.25, 0.3) is 0 Å². The maximum atomic E-state index is 13.6. The van der Waals surface area contributed by atoms with Gasteiger partial charge in [0.2, 0.25) is 11.8 Å². The Morgan fingerprint density at radius 1 is 1.26 bits per heavy atom. The Bertz CT molecular complexity index is 565. The average molecular weight is 321 g/mol. The molecule has 1 atom stereocenters. The highest BCUT2D eigenvalue weighted by molar-refractivity contribution is 5.81. The number of nitrogens with one attached hydrogen (secondary N) is 1. The summed E-state index contributed by atoms with van der Waals surface area (Å²) in [5.41, 5.74) is 0.552. The molecule has 126 valence electrons. The lowest BCUT2D eigenvalue weighted by molar-refractivity contribution is -0.132. The first-order valence-corrected chi connectivity index (χ1v) is 7.92. The number of rotatable bonds is 4. The lowest BCUT2D eigenvalue weighted by Crippen LogP contribution is -2.41. The number of hydrogen-bond donors (Lipinski definition) is 1. The number of carbonyl (C=O) groups excluding carboxylic acids is 2. The van der Waals surface area contributed by atoms with Crippen molar-refractivity contribution in [3.8, 4) is 0 Å². The summed E-state index contributed by atoms with van der Waals surface area (Å²) in [5.74, 6) is -0.591. The second-order valence-electron chi connectivity index (χ2n) is 6.00. The molecule has 1 saturated heterocycles. The summed E-state index contributed by atoms with van der Waals surface area (Å²) in [5, 5.41) is 2.65. The fourth-order valence-corrected chi connectivity index (χ4v) is 2.87. The van der Waals surface area contributed by atoms with Gasteiger partial charge >= 0.3 is 0 Å². The van der Waals surface area contributed by atoms with Gasteiger partial charge in [-0.15, -0.1) is 0 Å². The van der Waals surface area contributed by atoms with Crippen molar-refractivity contribution in [1.82, 2.24) is 15.1 Å². The molecule has 0 unspecified atom stereocenters. The summed E-state index contributed by atoms with van der Waals surface area (Å²) < 4.78 is 13.6. The van der Waals surface area contributed by atoms with Crippen LogP contribution in [-0.4, -0.2) is 61.9 Å². The SMILES string of the molecule is CNC(=O)[C@@H]1CN(C)CCN(C(=O)CCc2ccccc2F)C1. The fraction of sp³-hybridized carbons (Fsp3) is 0.529. The third kappa shape index (κ3) is 4.76. The number of carbonyl (C=O) groups is 2. The Balaban J connectivity index is 1.97. The van der Waals surface area contributed by atoms with Crippen molar-refractivity contribution in [2.45, 2.75) is 12.8 Å². The minimum Gasteiger partial charge on any atom is -0.359 e. The molecule has 1 fully saturated rings. The number of aryl methyl sites for hydroxylation is 1. The summed E-state index contributed by atoms with van der Waals surface area (Å²) in [4.78, 5) is 28.2. The highest BCUT2D eigenvalue weighted by atomic mass is 19.1. The molecule has 23 heavy (non-hydrogen) atoms. The van der Waals surface area contributed by atoms with E-state index in [0.717, 1.165) is 6.54 Å². The molecule has 1 heterocycles. The molecule has 2 amide bonds. The van der Waals surface area contributed by atoms with Gasteiger partial charge in [0.25, 0.3) is 0 Å². The van der Waals surface area contributed by atoms with Crippen LogP contribution in [0.3, 0.4) is 0 Å². The lowest BCUT2D eigenvalue weighted by Gasteiger charge is -2.23. The predicted octanol–water partition coefficient (Wildman–Crippen LogP) is 0.895. The summed E-state index contributed by atoms with van der Waals surface area (Å²) in [7, 11) is 3.56. The van der Waals surface area contributed by atoms with Crippen LogP contribution in [0.15, 0.2) is 24.3 Å². The summed E-state index contributed by atoms with van der Waals surface area (Å²) >= 11 is 0. The van der Waals surface area contributed by atoms with Gasteiger partial charge < -0.3 is 15.1 Å². The quantitative estimate of drug-likeness (QED) is 0.896. The minimum absolute atomic E-state index is 0.0301. The standard InChI is InChI=1S/C17H24FN3O2/c1-19-17(23)14-11-20(2)9-10-21(12-14)16(22)8-7-13-5-3-4-6-15(13)18/h3-6,14H,7-12H2,1-2H3,(H,19,23)/t14-/m1/s1. The zero-order valence-electron chi connectivity index (χ0n) is 13.7. The Labute approximate surface area is 136 Å². The molecule has 1 aliphatic heterocycles. The molecule has 6 heteroatoms. The van der Waals surface area contributed by atoms with Gasteiger partial charge in [-0.2, -0.15) is 0 Å². The first-order valence-electron chi connectivity index (χ1n) is 7.92. The highest BCUT2D eigenvalue weighted by Crippen LogP contribution is 2.13. The Morgan fingerprint density at radius 2 is 2.00 bits per heavy atom. The summed E-state index contributed by atoms with van der Waals surface area (Å²) in [6.07, 6.45) is 0.633. The van der Waals surface area contributed by atoms with Crippen molar-refractivity contribution < 1.29 is 14.0 Å². The zero-order chi connectivity index (χ0) is 16.8. The second kappa shape index (κ2) is 8.06. The van der Waals surface area contributed by atoms with Crippen molar-refractivity contribution in [1.29, 1.82) is 0 Å². The van der Waals surface area contributed by atoms with Crippen molar-refractivity contribution >= 4 is 11.8 Å². The number of benzene rings is 1. The first-order chi connectivity index (χ1) is 11.0. The molecule has 0 saturated carbocycles. The van der Waals surface area contributed by atoms with Crippen molar-refractivity contribution in [2.75, 3.05) is 40.3 Å². The van der Waals surface area contributed by atoms with E-state index in [0.29, 0.717) is 31.6 Å². The van der Waals surface area contributed by atoms with Gasteiger partial charge in [0.1, 0.15) is 5.82 Å². The monoisotopic (exact) mass is 321 g/mol. The van der Waals surface area contributed by atoms with Crippen LogP contribution in [0.4, 0.5) is 4.39 Å². The topological polar surface area (TPSA) is 52.7 Å². The lowest BCUT2D eigenvalue weighted by atomic mass is 10.1. The molecule has 5 nitrogen and oxygen atoms in total. The van der Waals surface area contributed by atoms with Crippen LogP contribution in [0.2, 0.25) is 0 Å². The normalized spacial score (nSPS) is 19.3. The molecule has 0 aromatic heterocycles. The van der Waals surface area contributed by atoms with Gasteiger partial charge in [0.15, 0.2) is 0 Å². The Morgan fingerprint density at radius 3 is 2.70 bits per heavy atom. The van der Waals surface area contributed by atoms with E-state index in [1.54, 1.807) is 30.1 Å². The van der Waals surface area contributed by atoms with Crippen molar-refractivity contribution in [3.63, 3.8) is 0 Å². The average Bonchev–Trinajstić information content (AvgIpc) is 2.75. The Hall–Kier alpha value is -1.95. The molecular formula is C17H24FN3O2. The molecule has 0 spiro atoms. The van der Waals surface area contributed by atoms with Crippen LogP contribution in [-0.2, 0) is 16.0 Å². The number of amides is 2. The third-order valence-electron chi connectivity index (χ3n) is 4.26. The van der Waals surface area contributed by atoms with E-state index >= 15 is 0 Å². The van der Waals surface area contributed by atoms with Gasteiger partial charge in [-0.1, -0.05) is 18.2 Å².